The highest BCUT2D eigenvalue weighted by atomic mass is 32.2. The number of aliphatic hydroxyl groups is 1. The number of aryl methyl sites for hydroxylation is 1. The molecule has 0 bridgehead atoms. The third kappa shape index (κ3) is 9.30. The van der Waals surface area contributed by atoms with Gasteiger partial charge in [0.05, 0.1) is 28.0 Å². The summed E-state index contributed by atoms with van der Waals surface area (Å²) in [6.45, 7) is 11.0. The summed E-state index contributed by atoms with van der Waals surface area (Å²) in [6.07, 6.45) is 12.9. The number of nitro groups is 1. The maximum atomic E-state index is 14.1. The van der Waals surface area contributed by atoms with Crippen molar-refractivity contribution >= 4 is 44.2 Å². The molecule has 5 heterocycles. The van der Waals surface area contributed by atoms with Crippen molar-refractivity contribution in [2.24, 2.45) is 11.3 Å². The van der Waals surface area contributed by atoms with Crippen LogP contribution in [0, 0.1) is 28.4 Å². The summed E-state index contributed by atoms with van der Waals surface area (Å²) in [4.78, 5) is 42.0. The molecule has 4 N–H and O–H groups in total. The summed E-state index contributed by atoms with van der Waals surface area (Å²) in [5.41, 5.74) is 3.47. The Morgan fingerprint density at radius 1 is 1.03 bits per heavy atom. The van der Waals surface area contributed by atoms with Crippen LogP contribution >= 0.6 is 0 Å². The summed E-state index contributed by atoms with van der Waals surface area (Å²) in [5, 5.41) is 26.4. The molecule has 4 aliphatic rings. The van der Waals surface area contributed by atoms with E-state index < -0.39 is 37.0 Å². The first-order valence-corrected chi connectivity index (χ1v) is 24.6. The number of aromatic nitrogens is 3. The summed E-state index contributed by atoms with van der Waals surface area (Å²) in [7, 11) is -4.65. The van der Waals surface area contributed by atoms with Crippen LogP contribution in [-0.4, -0.2) is 82.0 Å². The summed E-state index contributed by atoms with van der Waals surface area (Å²) in [5.74, 6) is 0.134. The van der Waals surface area contributed by atoms with Gasteiger partial charge in [0, 0.05) is 61.1 Å². The lowest BCUT2D eigenvalue weighted by Gasteiger charge is -2.56. The minimum Gasteiger partial charge on any atom is -0.455 e. The van der Waals surface area contributed by atoms with Gasteiger partial charge in [-0.3, -0.25) is 19.8 Å². The van der Waals surface area contributed by atoms with E-state index in [0.29, 0.717) is 54.2 Å². The average molecular weight is 905 g/mol. The Kier molecular flexibility index (Phi) is 12.1. The number of carbonyl (C=O) groups excluding carboxylic acids is 1. The smallest absolute Gasteiger partial charge is 0.312 e. The van der Waals surface area contributed by atoms with E-state index >= 15 is 0 Å². The maximum absolute atomic E-state index is 14.1. The molecule has 1 amide bonds. The molecule has 3 aromatic heterocycles. The van der Waals surface area contributed by atoms with Crippen LogP contribution in [0.3, 0.4) is 0 Å². The molecule has 9 rings (SSSR count). The summed E-state index contributed by atoms with van der Waals surface area (Å²) >= 11 is 0. The zero-order valence-corrected chi connectivity index (χ0v) is 38.5. The number of fused-ring (bicyclic) bond motifs is 1. The van der Waals surface area contributed by atoms with Gasteiger partial charge < -0.3 is 25.0 Å². The molecular formula is C49H60N8O7S. The number of hydrogen-bond donors (Lipinski definition) is 4. The molecule has 15 nitrogen and oxygen atoms in total. The van der Waals surface area contributed by atoms with Crippen LogP contribution in [0.2, 0.25) is 0 Å². The van der Waals surface area contributed by atoms with Gasteiger partial charge in [-0.15, -0.1) is 0 Å². The van der Waals surface area contributed by atoms with Gasteiger partial charge in [0.15, 0.2) is 0 Å². The standard InChI is InChI=1S/C49H60N8O7S/c1-31(2)38-8-5-6-9-39(38)41-10-7-21-56(41)36-27-49(28-36)18-22-55(23-19-49)35-11-12-40(43(25-35)64-37-24-34-15-20-50-45(34)52-30-37)47(58)54-65(62,63)44-26-42(57(60)61)46(53-32(44)3)51-29-33-13-16-48(4,59)17-14-33/h5-6,8-9,11-12,15,20,24-26,30-31,33,36,41,59H,7,10,13-14,16-19,21-23,27-29H2,1-4H3,(H,50,52)(H,51,53)(H,54,58)/t33-,41-,48-/m0/s1. The normalized spacial score (nSPS) is 22.6. The van der Waals surface area contributed by atoms with Crippen molar-refractivity contribution in [3.8, 4) is 11.5 Å². The quantitative estimate of drug-likeness (QED) is 0.0647. The van der Waals surface area contributed by atoms with E-state index in [4.69, 9.17) is 4.74 Å². The highest BCUT2D eigenvalue weighted by Gasteiger charge is 2.50. The molecule has 16 heteroatoms. The summed E-state index contributed by atoms with van der Waals surface area (Å²) in [6, 6.07) is 19.8. The van der Waals surface area contributed by atoms with Crippen molar-refractivity contribution in [1.29, 1.82) is 0 Å². The maximum Gasteiger partial charge on any atom is 0.312 e. The van der Waals surface area contributed by atoms with Gasteiger partial charge >= 0.3 is 5.69 Å². The van der Waals surface area contributed by atoms with Crippen molar-refractivity contribution in [2.75, 3.05) is 36.4 Å². The van der Waals surface area contributed by atoms with E-state index in [9.17, 15) is 28.4 Å². The fourth-order valence-corrected chi connectivity index (χ4v) is 12.1. The van der Waals surface area contributed by atoms with E-state index in [-0.39, 0.29) is 28.7 Å². The van der Waals surface area contributed by atoms with Crippen molar-refractivity contribution in [3.05, 3.63) is 106 Å². The molecule has 2 aliphatic carbocycles. The first-order valence-electron chi connectivity index (χ1n) is 23.1. The van der Waals surface area contributed by atoms with Gasteiger partial charge in [-0.1, -0.05) is 38.1 Å². The monoisotopic (exact) mass is 904 g/mol. The Morgan fingerprint density at radius 2 is 1.78 bits per heavy atom. The Bertz CT molecular complexity index is 2690. The second-order valence-corrected chi connectivity index (χ2v) is 21.2. The van der Waals surface area contributed by atoms with E-state index in [1.807, 2.05) is 12.1 Å². The minimum atomic E-state index is -4.65. The average Bonchev–Trinajstić information content (AvgIpc) is 3.95. The fourth-order valence-electron chi connectivity index (χ4n) is 10.9. The SMILES string of the molecule is Cc1nc(NC[C@H]2CC[C@](C)(O)CC2)c([N+](=O)[O-])cc1S(=O)(=O)NC(=O)c1ccc(N2CCC3(CC2)CC(N2CCC[C@H]2c2ccccc2C(C)C)C3)cc1Oc1cnc2[nH]ccc2c1. The molecule has 2 saturated carbocycles. The van der Waals surface area contributed by atoms with Gasteiger partial charge in [0.1, 0.15) is 22.0 Å². The van der Waals surface area contributed by atoms with Gasteiger partial charge in [-0.05, 0) is 137 Å². The molecule has 344 valence electrons. The first kappa shape index (κ1) is 44.6. The van der Waals surface area contributed by atoms with Crippen molar-refractivity contribution in [1.82, 2.24) is 24.6 Å². The van der Waals surface area contributed by atoms with Crippen LogP contribution in [0.5, 0.6) is 11.5 Å². The topological polar surface area (TPSA) is 196 Å². The predicted octanol–water partition coefficient (Wildman–Crippen LogP) is 9.15. The number of likely N-dealkylation sites (tertiary alicyclic amines) is 1. The lowest BCUT2D eigenvalue weighted by molar-refractivity contribution is -0.384. The number of amides is 1. The molecular weight excluding hydrogens is 845 g/mol. The van der Waals surface area contributed by atoms with Gasteiger partial charge in [-0.25, -0.2) is 23.1 Å². The number of piperidine rings is 1. The Hall–Kier alpha value is -5.58. The van der Waals surface area contributed by atoms with E-state index in [1.165, 1.54) is 49.9 Å². The molecule has 65 heavy (non-hydrogen) atoms. The largest absolute Gasteiger partial charge is 0.455 e. The zero-order chi connectivity index (χ0) is 45.7. The Morgan fingerprint density at radius 3 is 2.52 bits per heavy atom. The second-order valence-electron chi connectivity index (χ2n) is 19.6. The van der Waals surface area contributed by atoms with Crippen LogP contribution in [0.15, 0.2) is 78.0 Å². The zero-order valence-electron chi connectivity index (χ0n) is 37.7. The first-order chi connectivity index (χ1) is 31.1. The van der Waals surface area contributed by atoms with Crippen LogP contribution < -0.4 is 19.7 Å². The number of ether oxygens (including phenoxy) is 1. The summed E-state index contributed by atoms with van der Waals surface area (Å²) < 4.78 is 36.3. The number of nitrogens with zero attached hydrogens (tertiary/aromatic N) is 5. The number of hydrogen-bond acceptors (Lipinski definition) is 12. The molecule has 1 spiro atoms. The number of carbonyl (C=O) groups is 1. The number of aromatic amines is 1. The van der Waals surface area contributed by atoms with Crippen LogP contribution in [0.1, 0.15) is 124 Å². The third-order valence-electron chi connectivity index (χ3n) is 14.7. The number of benzene rings is 2. The third-order valence-corrected chi connectivity index (χ3v) is 16.1. The van der Waals surface area contributed by atoms with Crippen molar-refractivity contribution in [3.63, 3.8) is 0 Å². The second kappa shape index (κ2) is 17.7. The molecule has 4 fully saturated rings. The molecule has 2 aliphatic heterocycles. The van der Waals surface area contributed by atoms with E-state index in [2.05, 4.69) is 72.9 Å². The van der Waals surface area contributed by atoms with Crippen LogP contribution in [-0.2, 0) is 10.0 Å². The number of anilines is 2. The lowest BCUT2D eigenvalue weighted by atomic mass is 9.59. The Labute approximate surface area is 380 Å². The highest BCUT2D eigenvalue weighted by molar-refractivity contribution is 7.90. The highest BCUT2D eigenvalue weighted by Crippen LogP contribution is 2.54. The fraction of sp³-hybridized carbons (Fsp3) is 0.490. The van der Waals surface area contributed by atoms with Crippen molar-refractivity contribution < 1.29 is 28.0 Å². The minimum absolute atomic E-state index is 0.0139. The molecule has 2 saturated heterocycles. The lowest BCUT2D eigenvalue weighted by Crippen LogP contribution is -2.54. The number of nitrogens with one attached hydrogen (secondary N) is 3. The molecule has 2 aromatic carbocycles. The number of H-pyrrole nitrogens is 1. The van der Waals surface area contributed by atoms with Crippen LogP contribution in [0.25, 0.3) is 11.0 Å². The van der Waals surface area contributed by atoms with Gasteiger partial charge in [-0.2, -0.15) is 0 Å². The van der Waals surface area contributed by atoms with Crippen LogP contribution in [0.4, 0.5) is 17.2 Å². The molecule has 1 atom stereocenters. The molecule has 5 aromatic rings. The van der Waals surface area contributed by atoms with Gasteiger partial charge in [0.2, 0.25) is 5.82 Å². The number of rotatable bonds is 13. The molecule has 0 unspecified atom stereocenters. The number of pyridine rings is 2. The van der Waals surface area contributed by atoms with E-state index in [1.54, 1.807) is 31.3 Å². The van der Waals surface area contributed by atoms with E-state index in [0.717, 1.165) is 62.5 Å². The number of sulfonamides is 1. The molecule has 0 radical (unpaired) electrons. The van der Waals surface area contributed by atoms with Crippen molar-refractivity contribution in [2.45, 2.75) is 120 Å². The predicted molar refractivity (Wildman–Crippen MR) is 250 cm³/mol. The van der Waals surface area contributed by atoms with Gasteiger partial charge in [0.25, 0.3) is 15.9 Å². The Balaban J connectivity index is 0.908.